The van der Waals surface area contributed by atoms with E-state index in [9.17, 15) is 10.1 Å². The number of aromatic nitrogens is 4. The summed E-state index contributed by atoms with van der Waals surface area (Å²) in [5, 5.41) is 26.0. The van der Waals surface area contributed by atoms with Crippen molar-refractivity contribution in [3.05, 3.63) is 41.1 Å². The molecule has 1 aliphatic heterocycles. The second-order valence-corrected chi connectivity index (χ2v) is 5.01. The average molecular weight is 294 g/mol. The fourth-order valence-corrected chi connectivity index (χ4v) is 2.43. The Morgan fingerprint density at radius 1 is 1.23 bits per heavy atom. The summed E-state index contributed by atoms with van der Waals surface area (Å²) in [7, 11) is 0. The normalized spacial score (nSPS) is 16.5. The largest absolute Gasteiger partial charge is 0.387 e. The van der Waals surface area contributed by atoms with E-state index >= 15 is 0 Å². The lowest BCUT2D eigenvalue weighted by Gasteiger charge is -2.17. The Hall–Kier alpha value is -3.01. The Balaban J connectivity index is 1.87. The van der Waals surface area contributed by atoms with Gasteiger partial charge in [0.15, 0.2) is 5.82 Å². The zero-order valence-corrected chi connectivity index (χ0v) is 11.8. The molecule has 1 saturated heterocycles. The van der Waals surface area contributed by atoms with Crippen LogP contribution in [0.5, 0.6) is 0 Å². The van der Waals surface area contributed by atoms with E-state index in [0.29, 0.717) is 11.4 Å². The number of hydrogen-bond acceptors (Lipinski definition) is 6. The minimum atomic E-state index is -0.255. The van der Waals surface area contributed by atoms with Gasteiger partial charge >= 0.3 is 0 Å². The maximum atomic E-state index is 12.5. The van der Waals surface area contributed by atoms with Gasteiger partial charge in [-0.1, -0.05) is 24.3 Å². The fraction of sp³-hybridized carbons (Fsp3) is 0.267. The van der Waals surface area contributed by atoms with E-state index in [0.717, 1.165) is 37.1 Å². The van der Waals surface area contributed by atoms with Crippen LogP contribution < -0.4 is 5.32 Å². The summed E-state index contributed by atoms with van der Waals surface area (Å²) < 4.78 is 0. The summed E-state index contributed by atoms with van der Waals surface area (Å²) >= 11 is 0. The maximum Gasteiger partial charge on any atom is 0.205 e. The fourth-order valence-electron chi connectivity index (χ4n) is 2.43. The highest BCUT2D eigenvalue weighted by Crippen LogP contribution is 2.20. The Morgan fingerprint density at radius 3 is 2.64 bits per heavy atom. The number of benzene rings is 1. The summed E-state index contributed by atoms with van der Waals surface area (Å²) in [4.78, 5) is 12.5. The first kappa shape index (κ1) is 13.9. The van der Waals surface area contributed by atoms with Gasteiger partial charge in [0.05, 0.1) is 0 Å². The molecule has 22 heavy (non-hydrogen) atoms. The zero-order chi connectivity index (χ0) is 15.4. The number of nitrogens with one attached hydrogen (secondary N) is 2. The molecule has 1 aliphatic rings. The Morgan fingerprint density at radius 2 is 2.05 bits per heavy atom. The molecule has 0 aliphatic carbocycles. The number of nitrogens with zero attached hydrogens (tertiary/aromatic N) is 4. The van der Waals surface area contributed by atoms with Gasteiger partial charge in [-0.3, -0.25) is 4.79 Å². The number of hydrogen-bond donors (Lipinski definition) is 2. The third-order valence-corrected chi connectivity index (χ3v) is 3.60. The third kappa shape index (κ3) is 2.72. The summed E-state index contributed by atoms with van der Waals surface area (Å²) in [5.41, 5.74) is 2.21. The molecule has 0 amide bonds. The van der Waals surface area contributed by atoms with Crippen LogP contribution in [0.2, 0.25) is 0 Å². The van der Waals surface area contributed by atoms with Crippen molar-refractivity contribution >= 4 is 5.78 Å². The Bertz CT molecular complexity index is 731. The van der Waals surface area contributed by atoms with Crippen molar-refractivity contribution in [3.8, 4) is 17.5 Å². The standard InChI is InChI=1S/C15H14N6O/c16-9-12(13-3-1-2-8-17-13)14(22)10-4-6-11(7-5-10)15-18-20-21-19-15/h4-7,17H,1-3,8H2,(H,18,19,20,21). The van der Waals surface area contributed by atoms with E-state index in [1.165, 1.54) is 0 Å². The van der Waals surface area contributed by atoms with Crippen molar-refractivity contribution in [2.24, 2.45) is 0 Å². The lowest BCUT2D eigenvalue weighted by Crippen LogP contribution is -2.23. The van der Waals surface area contributed by atoms with Crippen molar-refractivity contribution < 1.29 is 4.79 Å². The number of rotatable bonds is 3. The number of H-pyrrole nitrogens is 1. The molecule has 3 rings (SSSR count). The number of carbonyl (C=O) groups excluding carboxylic acids is 1. The molecular weight excluding hydrogens is 280 g/mol. The van der Waals surface area contributed by atoms with Crippen LogP contribution in [0.15, 0.2) is 35.5 Å². The molecule has 0 saturated carbocycles. The van der Waals surface area contributed by atoms with Gasteiger partial charge in [-0.05, 0) is 29.7 Å². The van der Waals surface area contributed by atoms with E-state index < -0.39 is 0 Å². The van der Waals surface area contributed by atoms with Gasteiger partial charge in [0, 0.05) is 23.4 Å². The molecule has 0 radical (unpaired) electrons. The van der Waals surface area contributed by atoms with Gasteiger partial charge in [-0.25, -0.2) is 5.10 Å². The molecule has 1 fully saturated rings. The maximum absolute atomic E-state index is 12.5. The molecule has 1 aromatic heterocycles. The quantitative estimate of drug-likeness (QED) is 0.506. The molecule has 110 valence electrons. The predicted octanol–water partition coefficient (Wildman–Crippen LogP) is 1.60. The summed E-state index contributed by atoms with van der Waals surface area (Å²) in [6, 6.07) is 8.91. The van der Waals surface area contributed by atoms with Crippen LogP contribution in [0, 0.1) is 11.3 Å². The number of piperidine rings is 1. The van der Waals surface area contributed by atoms with Crippen LogP contribution in [0.3, 0.4) is 0 Å². The number of nitriles is 1. The van der Waals surface area contributed by atoms with E-state index in [-0.39, 0.29) is 11.4 Å². The molecule has 0 bridgehead atoms. The van der Waals surface area contributed by atoms with E-state index in [4.69, 9.17) is 0 Å². The Kier molecular flexibility index (Phi) is 3.92. The lowest BCUT2D eigenvalue weighted by molar-refractivity contribution is 0.103. The molecule has 0 atom stereocenters. The topological polar surface area (TPSA) is 107 Å². The first-order valence-corrected chi connectivity index (χ1v) is 7.05. The van der Waals surface area contributed by atoms with Crippen LogP contribution in [0.25, 0.3) is 11.4 Å². The van der Waals surface area contributed by atoms with Gasteiger partial charge in [0.2, 0.25) is 5.78 Å². The monoisotopic (exact) mass is 294 g/mol. The van der Waals surface area contributed by atoms with Crippen LogP contribution in [0.1, 0.15) is 29.6 Å². The van der Waals surface area contributed by atoms with Crippen molar-refractivity contribution in [2.45, 2.75) is 19.3 Å². The number of allylic oxidation sites excluding steroid dienone is 2. The average Bonchev–Trinajstić information content (AvgIpc) is 3.11. The minimum Gasteiger partial charge on any atom is -0.387 e. The van der Waals surface area contributed by atoms with E-state index in [1.807, 2.05) is 6.07 Å². The first-order chi connectivity index (χ1) is 10.8. The van der Waals surface area contributed by atoms with Crippen molar-refractivity contribution in [1.82, 2.24) is 25.9 Å². The van der Waals surface area contributed by atoms with Crippen molar-refractivity contribution in [3.63, 3.8) is 0 Å². The third-order valence-electron chi connectivity index (χ3n) is 3.60. The SMILES string of the molecule is N#CC(C(=O)c1ccc(-c2nnn[nH]2)cc1)=C1CCCCN1. The molecule has 2 heterocycles. The van der Waals surface area contributed by atoms with Crippen LogP contribution in [-0.4, -0.2) is 33.0 Å². The van der Waals surface area contributed by atoms with Gasteiger partial charge in [0.1, 0.15) is 11.6 Å². The highest BCUT2D eigenvalue weighted by atomic mass is 16.1. The highest BCUT2D eigenvalue weighted by molar-refractivity contribution is 6.11. The van der Waals surface area contributed by atoms with E-state index in [2.05, 4.69) is 25.9 Å². The van der Waals surface area contributed by atoms with Gasteiger partial charge < -0.3 is 5.32 Å². The summed E-state index contributed by atoms with van der Waals surface area (Å²) in [5.74, 6) is 0.279. The van der Waals surface area contributed by atoms with Gasteiger partial charge in [0.25, 0.3) is 0 Å². The highest BCUT2D eigenvalue weighted by Gasteiger charge is 2.19. The van der Waals surface area contributed by atoms with Crippen molar-refractivity contribution in [2.75, 3.05) is 6.54 Å². The minimum absolute atomic E-state index is 0.203. The molecule has 0 spiro atoms. The smallest absolute Gasteiger partial charge is 0.205 e. The van der Waals surface area contributed by atoms with E-state index in [1.54, 1.807) is 24.3 Å². The van der Waals surface area contributed by atoms with Crippen LogP contribution >= 0.6 is 0 Å². The summed E-state index contributed by atoms with van der Waals surface area (Å²) in [6.07, 6.45) is 2.81. The molecule has 0 unspecified atom stereocenters. The first-order valence-electron chi connectivity index (χ1n) is 7.05. The molecule has 2 aromatic rings. The molecule has 1 aromatic carbocycles. The molecule has 7 nitrogen and oxygen atoms in total. The van der Waals surface area contributed by atoms with Crippen LogP contribution in [0.4, 0.5) is 0 Å². The molecule has 7 heteroatoms. The predicted molar refractivity (Wildman–Crippen MR) is 78.4 cm³/mol. The number of tetrazole rings is 1. The van der Waals surface area contributed by atoms with Gasteiger partial charge in [-0.15, -0.1) is 5.10 Å². The number of ketones is 1. The molecule has 2 N–H and O–H groups in total. The van der Waals surface area contributed by atoms with Gasteiger partial charge in [-0.2, -0.15) is 5.26 Å². The Labute approximate surface area is 127 Å². The number of aromatic amines is 1. The second-order valence-electron chi connectivity index (χ2n) is 5.01. The van der Waals surface area contributed by atoms with Crippen molar-refractivity contribution in [1.29, 1.82) is 5.26 Å². The summed E-state index contributed by atoms with van der Waals surface area (Å²) in [6.45, 7) is 0.811. The second kappa shape index (κ2) is 6.18. The van der Waals surface area contributed by atoms with Crippen LogP contribution in [-0.2, 0) is 0 Å². The zero-order valence-electron chi connectivity index (χ0n) is 11.8. The number of carbonyl (C=O) groups is 1. The lowest BCUT2D eigenvalue weighted by atomic mass is 9.97. The number of Topliss-reactive ketones (excluding diaryl/α,β-unsaturated/α-hetero) is 1. The molecular formula is C15H14N6O.